The van der Waals surface area contributed by atoms with Crippen molar-refractivity contribution in [3.63, 3.8) is 0 Å². The van der Waals surface area contributed by atoms with Crippen LogP contribution in [0.4, 0.5) is 34.1 Å². The number of hydrogen-bond acceptors (Lipinski definition) is 2. The largest absolute Gasteiger partial charge is 0.310 e. The minimum Gasteiger partial charge on any atom is -0.310 e. The van der Waals surface area contributed by atoms with Crippen LogP contribution in [0, 0.1) is 13.8 Å². The van der Waals surface area contributed by atoms with E-state index in [0.717, 1.165) is 22.7 Å². The molecule has 3 nitrogen and oxygen atoms in total. The molecule has 9 rings (SSSR count). The topological polar surface area (TPSA) is 10.9 Å². The first-order valence-electron chi connectivity index (χ1n) is 16.2. The lowest BCUT2D eigenvalue weighted by molar-refractivity contribution is 1.28. The van der Waals surface area contributed by atoms with E-state index in [1.807, 2.05) is 0 Å². The molecule has 0 radical (unpaired) electrons. The molecule has 2 heterocycles. The quantitative estimate of drug-likeness (QED) is 0.187. The Bertz CT molecular complexity index is 2370. The fraction of sp³-hybridized carbons (Fsp3) is 0.0455. The summed E-state index contributed by atoms with van der Waals surface area (Å²) in [4.78, 5) is 4.80. The first kappa shape index (κ1) is 27.3. The molecule has 224 valence electrons. The molecule has 0 spiro atoms. The molecule has 0 bridgehead atoms. The first-order valence-corrected chi connectivity index (χ1v) is 16.2. The van der Waals surface area contributed by atoms with E-state index in [1.165, 1.54) is 60.6 Å². The SMILES string of the molecule is Cc1cccc(N(c2ccccc2)c2cccc3c2c2cccc4c5c(N(c6ccccc6)c6cccc(C)c6)cccc5n3c24)c1. The van der Waals surface area contributed by atoms with Crippen LogP contribution in [0.5, 0.6) is 0 Å². The molecule has 0 atom stereocenters. The van der Waals surface area contributed by atoms with E-state index in [2.05, 4.69) is 192 Å². The Hall–Kier alpha value is -6.06. The summed E-state index contributed by atoms with van der Waals surface area (Å²) in [5, 5.41) is 5.02. The molecule has 0 saturated carbocycles. The van der Waals surface area contributed by atoms with Crippen LogP contribution in [0.15, 0.2) is 164 Å². The molecule has 9 aromatic rings. The molecule has 0 aliphatic heterocycles. The van der Waals surface area contributed by atoms with Crippen molar-refractivity contribution in [1.29, 1.82) is 0 Å². The number of aromatic nitrogens is 1. The van der Waals surface area contributed by atoms with Gasteiger partial charge in [0.2, 0.25) is 0 Å². The van der Waals surface area contributed by atoms with E-state index in [-0.39, 0.29) is 0 Å². The second kappa shape index (κ2) is 10.8. The van der Waals surface area contributed by atoms with Crippen LogP contribution in [-0.4, -0.2) is 4.40 Å². The van der Waals surface area contributed by atoms with E-state index in [0.29, 0.717) is 0 Å². The van der Waals surface area contributed by atoms with Gasteiger partial charge >= 0.3 is 0 Å². The molecule has 47 heavy (non-hydrogen) atoms. The third kappa shape index (κ3) is 4.28. The summed E-state index contributed by atoms with van der Waals surface area (Å²) < 4.78 is 2.49. The summed E-state index contributed by atoms with van der Waals surface area (Å²) in [6, 6.07) is 59.3. The Morgan fingerprint density at radius 2 is 0.787 bits per heavy atom. The molecule has 0 aliphatic carbocycles. The highest BCUT2D eigenvalue weighted by atomic mass is 15.2. The van der Waals surface area contributed by atoms with Gasteiger partial charge < -0.3 is 14.2 Å². The number of anilines is 6. The molecule has 2 aromatic heterocycles. The van der Waals surface area contributed by atoms with Gasteiger partial charge in [-0.15, -0.1) is 0 Å². The number of para-hydroxylation sites is 3. The molecule has 7 aromatic carbocycles. The standard InChI is InChI=1S/C44H33N3/c1-30-14-9-20-34(28-30)45(32-16-5-3-6-17-32)38-24-12-26-40-42(38)36-22-11-23-37-43-39(25-13-27-41(43)47(40)44(36)37)46(33-18-7-4-8-19-33)35-21-10-15-31(2)29-35/h3-29H,1-2H3. The van der Waals surface area contributed by atoms with E-state index in [9.17, 15) is 0 Å². The Balaban J connectivity index is 1.36. The zero-order chi connectivity index (χ0) is 31.5. The lowest BCUT2D eigenvalue weighted by Gasteiger charge is -2.27. The van der Waals surface area contributed by atoms with Crippen molar-refractivity contribution in [2.75, 3.05) is 9.80 Å². The van der Waals surface area contributed by atoms with Crippen LogP contribution >= 0.6 is 0 Å². The third-order valence-electron chi connectivity index (χ3n) is 9.35. The Morgan fingerprint density at radius 3 is 1.23 bits per heavy atom. The molecule has 0 amide bonds. The van der Waals surface area contributed by atoms with Crippen molar-refractivity contribution in [3.05, 3.63) is 175 Å². The number of hydrogen-bond donors (Lipinski definition) is 0. The lowest BCUT2D eigenvalue weighted by Crippen LogP contribution is -2.10. The number of rotatable bonds is 6. The van der Waals surface area contributed by atoms with Crippen molar-refractivity contribution >= 4 is 72.2 Å². The minimum atomic E-state index is 1.14. The maximum absolute atomic E-state index is 2.49. The highest BCUT2D eigenvalue weighted by Crippen LogP contribution is 2.49. The van der Waals surface area contributed by atoms with Gasteiger partial charge in [-0.2, -0.15) is 0 Å². The fourth-order valence-corrected chi connectivity index (χ4v) is 7.46. The van der Waals surface area contributed by atoms with Gasteiger partial charge in [-0.05, 0) is 97.8 Å². The van der Waals surface area contributed by atoms with Crippen LogP contribution < -0.4 is 9.80 Å². The van der Waals surface area contributed by atoms with Gasteiger partial charge in [-0.1, -0.05) is 91.0 Å². The molecule has 0 fully saturated rings. The molecule has 3 heteroatoms. The van der Waals surface area contributed by atoms with Crippen molar-refractivity contribution in [2.45, 2.75) is 13.8 Å². The number of aryl methyl sites for hydroxylation is 2. The van der Waals surface area contributed by atoms with Crippen molar-refractivity contribution in [2.24, 2.45) is 0 Å². The van der Waals surface area contributed by atoms with E-state index < -0.39 is 0 Å². The predicted octanol–water partition coefficient (Wildman–Crippen LogP) is 12.4. The first-order chi connectivity index (χ1) is 23.2. The minimum absolute atomic E-state index is 1.14. The van der Waals surface area contributed by atoms with Crippen LogP contribution in [-0.2, 0) is 0 Å². The smallest absolute Gasteiger partial charge is 0.0622 e. The summed E-state index contributed by atoms with van der Waals surface area (Å²) in [6.45, 7) is 4.32. The second-order valence-corrected chi connectivity index (χ2v) is 12.4. The maximum atomic E-state index is 2.49. The van der Waals surface area contributed by atoms with Crippen molar-refractivity contribution in [1.82, 2.24) is 4.40 Å². The maximum Gasteiger partial charge on any atom is 0.0622 e. The lowest BCUT2D eigenvalue weighted by atomic mass is 10.0. The fourth-order valence-electron chi connectivity index (χ4n) is 7.46. The molecule has 0 unspecified atom stereocenters. The van der Waals surface area contributed by atoms with Crippen LogP contribution in [0.3, 0.4) is 0 Å². The summed E-state index contributed by atoms with van der Waals surface area (Å²) in [7, 11) is 0. The van der Waals surface area contributed by atoms with E-state index >= 15 is 0 Å². The predicted molar refractivity (Wildman–Crippen MR) is 200 cm³/mol. The Labute approximate surface area is 274 Å². The monoisotopic (exact) mass is 603 g/mol. The van der Waals surface area contributed by atoms with Gasteiger partial charge in [0, 0.05) is 44.3 Å². The van der Waals surface area contributed by atoms with Gasteiger partial charge in [-0.3, -0.25) is 0 Å². The van der Waals surface area contributed by atoms with Crippen LogP contribution in [0.25, 0.3) is 38.1 Å². The average Bonchev–Trinajstić information content (AvgIpc) is 3.63. The number of nitrogens with zero attached hydrogens (tertiary/aromatic N) is 3. The second-order valence-electron chi connectivity index (χ2n) is 12.4. The molecule has 0 N–H and O–H groups in total. The normalized spacial score (nSPS) is 11.6. The molecular weight excluding hydrogens is 571 g/mol. The zero-order valence-corrected chi connectivity index (χ0v) is 26.4. The van der Waals surface area contributed by atoms with Gasteiger partial charge in [0.1, 0.15) is 0 Å². The summed E-state index contributed by atoms with van der Waals surface area (Å²) >= 11 is 0. The van der Waals surface area contributed by atoms with Crippen LogP contribution in [0.1, 0.15) is 11.1 Å². The van der Waals surface area contributed by atoms with Crippen LogP contribution in [0.2, 0.25) is 0 Å². The van der Waals surface area contributed by atoms with Gasteiger partial charge in [0.05, 0.1) is 27.9 Å². The zero-order valence-electron chi connectivity index (χ0n) is 26.4. The van der Waals surface area contributed by atoms with Crippen molar-refractivity contribution in [3.8, 4) is 0 Å². The summed E-state index contributed by atoms with van der Waals surface area (Å²) in [5.74, 6) is 0. The van der Waals surface area contributed by atoms with Gasteiger partial charge in [0.15, 0.2) is 0 Å². The van der Waals surface area contributed by atoms with Gasteiger partial charge in [0.25, 0.3) is 0 Å². The average molecular weight is 604 g/mol. The highest BCUT2D eigenvalue weighted by Gasteiger charge is 2.25. The molecule has 0 saturated heterocycles. The Morgan fingerprint density at radius 1 is 0.383 bits per heavy atom. The highest BCUT2D eigenvalue weighted by molar-refractivity contribution is 6.28. The number of fused-ring (bicyclic) bond motifs is 6. The summed E-state index contributed by atoms with van der Waals surface area (Å²) in [5.41, 5.74) is 13.1. The van der Waals surface area contributed by atoms with E-state index in [1.54, 1.807) is 0 Å². The third-order valence-corrected chi connectivity index (χ3v) is 9.35. The molecular formula is C44H33N3. The van der Waals surface area contributed by atoms with E-state index in [4.69, 9.17) is 0 Å². The van der Waals surface area contributed by atoms with Crippen molar-refractivity contribution < 1.29 is 0 Å². The summed E-state index contributed by atoms with van der Waals surface area (Å²) in [6.07, 6.45) is 0. The molecule has 0 aliphatic rings. The van der Waals surface area contributed by atoms with Gasteiger partial charge in [-0.25, -0.2) is 0 Å². The Kier molecular flexibility index (Phi) is 6.26. The number of benzene rings is 7.